The molecule has 3 unspecified atom stereocenters. The second-order valence-corrected chi connectivity index (χ2v) is 6.47. The molecule has 1 N–H and O–H groups in total. The summed E-state index contributed by atoms with van der Waals surface area (Å²) in [5.74, 6) is -0.499. The number of thioether (sulfide) groups is 1. The lowest BCUT2D eigenvalue weighted by Crippen LogP contribution is -2.40. The second-order valence-electron chi connectivity index (χ2n) is 5.41. The second kappa shape index (κ2) is 5.13. The van der Waals surface area contributed by atoms with E-state index >= 15 is 0 Å². The highest BCUT2D eigenvalue weighted by Gasteiger charge is 2.41. The quantitative estimate of drug-likeness (QED) is 0.907. The minimum absolute atomic E-state index is 0.0821. The highest BCUT2D eigenvalue weighted by Crippen LogP contribution is 2.41. The fourth-order valence-electron chi connectivity index (χ4n) is 3.15. The Labute approximate surface area is 122 Å². The number of carbonyl (C=O) groups is 2. The number of likely N-dealkylation sites (tertiary alicyclic amines) is 1. The molecule has 0 spiro atoms. The fraction of sp³-hybridized carbons (Fsp3) is 0.467. The maximum absolute atomic E-state index is 12.7. The van der Waals surface area contributed by atoms with Gasteiger partial charge >= 0.3 is 5.97 Å². The average Bonchev–Trinajstić information content (AvgIpc) is 3.01. The lowest BCUT2D eigenvalue weighted by Gasteiger charge is -2.26. The summed E-state index contributed by atoms with van der Waals surface area (Å²) in [6.07, 6.45) is 0.559. The summed E-state index contributed by atoms with van der Waals surface area (Å²) in [5, 5.41) is 9.16. The van der Waals surface area contributed by atoms with Gasteiger partial charge in [0, 0.05) is 23.2 Å². The molecule has 0 radical (unpaired) electrons. The number of hydrogen-bond donors (Lipinski definition) is 1. The van der Waals surface area contributed by atoms with Crippen molar-refractivity contribution in [1.29, 1.82) is 0 Å². The van der Waals surface area contributed by atoms with Crippen molar-refractivity contribution in [3.63, 3.8) is 0 Å². The topological polar surface area (TPSA) is 57.6 Å². The molecule has 3 rings (SSSR count). The van der Waals surface area contributed by atoms with Crippen LogP contribution in [0.15, 0.2) is 29.2 Å². The SMILES string of the molecule is CC1C(C(=O)O)CCN1C(=O)C1CSc2ccccc21. The highest BCUT2D eigenvalue weighted by molar-refractivity contribution is 7.99. The lowest BCUT2D eigenvalue weighted by molar-refractivity contribution is -0.143. The van der Waals surface area contributed by atoms with Crippen molar-refractivity contribution < 1.29 is 14.7 Å². The van der Waals surface area contributed by atoms with Crippen LogP contribution in [-0.4, -0.2) is 40.2 Å². The highest BCUT2D eigenvalue weighted by atomic mass is 32.2. The molecular weight excluding hydrogens is 274 g/mol. The van der Waals surface area contributed by atoms with Gasteiger partial charge in [-0.25, -0.2) is 0 Å². The number of carbonyl (C=O) groups excluding carboxylic acids is 1. The Hall–Kier alpha value is -1.49. The van der Waals surface area contributed by atoms with Gasteiger partial charge in [-0.1, -0.05) is 18.2 Å². The Bertz CT molecular complexity index is 560. The van der Waals surface area contributed by atoms with Crippen LogP contribution >= 0.6 is 11.8 Å². The van der Waals surface area contributed by atoms with Gasteiger partial charge in [0.25, 0.3) is 0 Å². The van der Waals surface area contributed by atoms with E-state index < -0.39 is 11.9 Å². The monoisotopic (exact) mass is 291 g/mol. The van der Waals surface area contributed by atoms with E-state index in [1.165, 1.54) is 4.90 Å². The van der Waals surface area contributed by atoms with Gasteiger partial charge in [0.1, 0.15) is 0 Å². The van der Waals surface area contributed by atoms with Crippen LogP contribution in [0.4, 0.5) is 0 Å². The molecule has 1 saturated heterocycles. The van der Waals surface area contributed by atoms with Gasteiger partial charge in [0.05, 0.1) is 11.8 Å². The number of aliphatic carboxylic acids is 1. The molecular formula is C15H17NO3S. The van der Waals surface area contributed by atoms with Crippen molar-refractivity contribution in [2.24, 2.45) is 5.92 Å². The molecule has 1 aromatic rings. The summed E-state index contributed by atoms with van der Waals surface area (Å²) in [7, 11) is 0. The van der Waals surface area contributed by atoms with Crippen LogP contribution in [0.5, 0.6) is 0 Å². The predicted molar refractivity (Wildman–Crippen MR) is 76.8 cm³/mol. The Morgan fingerprint density at radius 2 is 2.10 bits per heavy atom. The molecule has 5 heteroatoms. The molecule has 1 aromatic carbocycles. The van der Waals surface area contributed by atoms with E-state index in [2.05, 4.69) is 0 Å². The van der Waals surface area contributed by atoms with Crippen LogP contribution in [-0.2, 0) is 9.59 Å². The zero-order chi connectivity index (χ0) is 14.3. The molecule has 0 aromatic heterocycles. The molecule has 2 heterocycles. The van der Waals surface area contributed by atoms with Gasteiger partial charge in [-0.2, -0.15) is 0 Å². The number of hydrogen-bond acceptors (Lipinski definition) is 3. The summed E-state index contributed by atoms with van der Waals surface area (Å²) in [6, 6.07) is 7.78. The van der Waals surface area contributed by atoms with Crippen molar-refractivity contribution in [2.75, 3.05) is 12.3 Å². The Kier molecular flexibility index (Phi) is 3.46. The maximum atomic E-state index is 12.7. The number of amides is 1. The minimum atomic E-state index is -0.797. The van der Waals surface area contributed by atoms with Crippen molar-refractivity contribution >= 4 is 23.6 Å². The molecule has 20 heavy (non-hydrogen) atoms. The van der Waals surface area contributed by atoms with E-state index in [9.17, 15) is 9.59 Å². The van der Waals surface area contributed by atoms with Crippen LogP contribution in [0.3, 0.4) is 0 Å². The third-order valence-corrected chi connectivity index (χ3v) is 5.54. The fourth-order valence-corrected chi connectivity index (χ4v) is 4.37. The van der Waals surface area contributed by atoms with Gasteiger partial charge in [-0.05, 0) is 25.0 Å². The zero-order valence-corrected chi connectivity index (χ0v) is 12.1. The average molecular weight is 291 g/mol. The largest absolute Gasteiger partial charge is 0.481 e. The van der Waals surface area contributed by atoms with Crippen LogP contribution in [0, 0.1) is 5.92 Å². The zero-order valence-electron chi connectivity index (χ0n) is 11.3. The summed E-state index contributed by atoms with van der Waals surface area (Å²) in [6.45, 7) is 2.40. The van der Waals surface area contributed by atoms with E-state index in [0.29, 0.717) is 13.0 Å². The third kappa shape index (κ3) is 2.10. The first-order chi connectivity index (χ1) is 9.59. The first-order valence-corrected chi connectivity index (χ1v) is 7.83. The lowest BCUT2D eigenvalue weighted by atomic mass is 9.98. The van der Waals surface area contributed by atoms with Crippen LogP contribution in [0.2, 0.25) is 0 Å². The summed E-state index contributed by atoms with van der Waals surface area (Å²) in [5.41, 5.74) is 1.09. The summed E-state index contributed by atoms with van der Waals surface area (Å²) >= 11 is 1.71. The number of nitrogens with zero attached hydrogens (tertiary/aromatic N) is 1. The standard InChI is InChI=1S/C15H17NO3S/c1-9-10(15(18)19)6-7-16(9)14(17)12-8-20-13-5-3-2-4-11(12)13/h2-5,9-10,12H,6-8H2,1H3,(H,18,19). The number of fused-ring (bicyclic) bond motifs is 1. The normalized spacial score (nSPS) is 28.4. The number of carboxylic acid groups (broad SMARTS) is 1. The van der Waals surface area contributed by atoms with Gasteiger partial charge in [-0.15, -0.1) is 11.8 Å². The molecule has 4 nitrogen and oxygen atoms in total. The molecule has 106 valence electrons. The van der Waals surface area contributed by atoms with E-state index in [4.69, 9.17) is 5.11 Å². The third-order valence-electron chi connectivity index (χ3n) is 4.35. The molecule has 0 saturated carbocycles. The minimum Gasteiger partial charge on any atom is -0.481 e. The van der Waals surface area contributed by atoms with Gasteiger partial charge in [0.15, 0.2) is 0 Å². The molecule has 1 fully saturated rings. The summed E-state index contributed by atoms with van der Waals surface area (Å²) < 4.78 is 0. The Balaban J connectivity index is 1.80. The van der Waals surface area contributed by atoms with E-state index in [0.717, 1.165) is 11.3 Å². The molecule has 2 aliphatic rings. The van der Waals surface area contributed by atoms with Crippen LogP contribution in [0.1, 0.15) is 24.8 Å². The van der Waals surface area contributed by atoms with E-state index in [1.54, 1.807) is 16.7 Å². The van der Waals surface area contributed by atoms with Crippen molar-refractivity contribution in [2.45, 2.75) is 30.2 Å². The van der Waals surface area contributed by atoms with E-state index in [-0.39, 0.29) is 17.9 Å². The molecule has 1 amide bonds. The Morgan fingerprint density at radius 3 is 2.80 bits per heavy atom. The smallest absolute Gasteiger partial charge is 0.308 e. The van der Waals surface area contributed by atoms with E-state index in [1.807, 2.05) is 31.2 Å². The van der Waals surface area contributed by atoms with Gasteiger partial charge in [0.2, 0.25) is 5.91 Å². The summed E-state index contributed by atoms with van der Waals surface area (Å²) in [4.78, 5) is 26.8. The first kappa shape index (κ1) is 13.5. The van der Waals surface area contributed by atoms with Crippen LogP contribution < -0.4 is 0 Å². The number of carboxylic acids is 1. The van der Waals surface area contributed by atoms with Crippen molar-refractivity contribution in [1.82, 2.24) is 4.90 Å². The molecule has 0 bridgehead atoms. The van der Waals surface area contributed by atoms with Gasteiger partial charge in [-0.3, -0.25) is 9.59 Å². The Morgan fingerprint density at radius 1 is 1.35 bits per heavy atom. The molecule has 3 atom stereocenters. The van der Waals surface area contributed by atoms with Crippen molar-refractivity contribution in [3.05, 3.63) is 29.8 Å². The molecule has 2 aliphatic heterocycles. The van der Waals surface area contributed by atoms with Gasteiger partial charge < -0.3 is 10.0 Å². The number of rotatable bonds is 2. The maximum Gasteiger partial charge on any atom is 0.308 e. The number of benzene rings is 1. The first-order valence-electron chi connectivity index (χ1n) is 6.84. The molecule has 0 aliphatic carbocycles. The van der Waals surface area contributed by atoms with Crippen molar-refractivity contribution in [3.8, 4) is 0 Å². The van der Waals surface area contributed by atoms with Crippen LogP contribution in [0.25, 0.3) is 0 Å². The predicted octanol–water partition coefficient (Wildman–Crippen LogP) is 2.20.